The first-order valence-corrected chi connectivity index (χ1v) is 11.4. The van der Waals surface area contributed by atoms with E-state index in [0.29, 0.717) is 11.1 Å². The number of nitrogen functional groups attached to an aromatic ring is 1. The van der Waals surface area contributed by atoms with Crippen LogP contribution in [0, 0.1) is 0 Å². The number of rotatable bonds is 4. The van der Waals surface area contributed by atoms with Crippen molar-refractivity contribution in [1.29, 1.82) is 0 Å². The van der Waals surface area contributed by atoms with Crippen LogP contribution in [0.1, 0.15) is 0 Å². The SMILES string of the molecule is Nc1c(N=Nc2ccc(-c3cncc4ccccc34)cc2)cc(S(=O)(=O)[O-])c2ccccc12.[Na+]. The molecule has 0 fully saturated rings. The van der Waals surface area contributed by atoms with Crippen LogP contribution in [-0.2, 0) is 10.1 Å². The maximum atomic E-state index is 11.8. The van der Waals surface area contributed by atoms with Gasteiger partial charge in [0.25, 0.3) is 0 Å². The van der Waals surface area contributed by atoms with Crippen LogP contribution in [-0.4, -0.2) is 18.0 Å². The van der Waals surface area contributed by atoms with Crippen molar-refractivity contribution in [3.05, 3.63) is 91.3 Å². The smallest absolute Gasteiger partial charge is 0.744 e. The summed E-state index contributed by atoms with van der Waals surface area (Å²) < 4.78 is 35.3. The van der Waals surface area contributed by atoms with Gasteiger partial charge in [0.15, 0.2) is 0 Å². The summed E-state index contributed by atoms with van der Waals surface area (Å²) in [5, 5.41) is 11.2. The van der Waals surface area contributed by atoms with Crippen molar-refractivity contribution in [3.63, 3.8) is 0 Å². The minimum atomic E-state index is -4.72. The van der Waals surface area contributed by atoms with E-state index < -0.39 is 10.1 Å². The van der Waals surface area contributed by atoms with Gasteiger partial charge in [-0.1, -0.05) is 60.7 Å². The average Bonchev–Trinajstić information content (AvgIpc) is 2.83. The molecule has 1 aromatic heterocycles. The summed E-state index contributed by atoms with van der Waals surface area (Å²) in [6.07, 6.45) is 3.64. The van der Waals surface area contributed by atoms with E-state index in [2.05, 4.69) is 15.2 Å². The number of benzene rings is 4. The average molecular weight is 476 g/mol. The second-order valence-electron chi connectivity index (χ2n) is 7.46. The second kappa shape index (κ2) is 9.61. The number of hydrogen-bond donors (Lipinski definition) is 1. The quantitative estimate of drug-likeness (QED) is 0.185. The number of pyridine rings is 1. The maximum absolute atomic E-state index is 11.8. The predicted molar refractivity (Wildman–Crippen MR) is 128 cm³/mol. The molecule has 2 N–H and O–H groups in total. The predicted octanol–water partition coefficient (Wildman–Crippen LogP) is 2.96. The van der Waals surface area contributed by atoms with E-state index in [1.54, 1.807) is 30.3 Å². The van der Waals surface area contributed by atoms with Gasteiger partial charge in [-0.05, 0) is 29.1 Å². The number of nitrogens with zero attached hydrogens (tertiary/aromatic N) is 3. The van der Waals surface area contributed by atoms with E-state index in [0.717, 1.165) is 21.9 Å². The Labute approximate surface area is 218 Å². The summed E-state index contributed by atoms with van der Waals surface area (Å²) in [4.78, 5) is 3.94. The molecule has 0 spiro atoms. The molecule has 1 heterocycles. The van der Waals surface area contributed by atoms with Crippen molar-refractivity contribution in [1.82, 2.24) is 4.98 Å². The Morgan fingerprint density at radius 3 is 2.15 bits per heavy atom. The summed E-state index contributed by atoms with van der Waals surface area (Å²) in [6, 6.07) is 23.1. The van der Waals surface area contributed by atoms with Crippen molar-refractivity contribution in [2.24, 2.45) is 10.2 Å². The molecular formula is C25H17N4NaO3S. The molecule has 4 aromatic carbocycles. The Morgan fingerprint density at radius 1 is 0.794 bits per heavy atom. The molecule has 162 valence electrons. The molecule has 0 bridgehead atoms. The van der Waals surface area contributed by atoms with Gasteiger partial charge in [0.2, 0.25) is 0 Å². The van der Waals surface area contributed by atoms with Crippen LogP contribution in [0.25, 0.3) is 32.7 Å². The number of nitrogens with two attached hydrogens (primary N) is 1. The van der Waals surface area contributed by atoms with Gasteiger partial charge in [0.1, 0.15) is 15.8 Å². The molecule has 9 heteroatoms. The minimum absolute atomic E-state index is 0. The zero-order valence-electron chi connectivity index (χ0n) is 18.2. The number of anilines is 1. The molecule has 0 aliphatic heterocycles. The monoisotopic (exact) mass is 476 g/mol. The Hall–Kier alpha value is -3.14. The number of azo groups is 1. The van der Waals surface area contributed by atoms with Crippen LogP contribution >= 0.6 is 0 Å². The van der Waals surface area contributed by atoms with Gasteiger partial charge in [-0.2, -0.15) is 5.11 Å². The number of aromatic nitrogens is 1. The molecule has 0 unspecified atom stereocenters. The molecular weight excluding hydrogens is 459 g/mol. The minimum Gasteiger partial charge on any atom is -0.744 e. The molecule has 0 saturated carbocycles. The Kier molecular flexibility index (Phi) is 6.79. The first kappa shape index (κ1) is 24.0. The Balaban J connectivity index is 0.00000274. The molecule has 0 aliphatic rings. The first-order valence-electron chi connectivity index (χ1n) is 10.0. The Morgan fingerprint density at radius 2 is 1.44 bits per heavy atom. The van der Waals surface area contributed by atoms with E-state index in [9.17, 15) is 13.0 Å². The molecule has 0 radical (unpaired) electrons. The van der Waals surface area contributed by atoms with Gasteiger partial charge in [-0.25, -0.2) is 8.42 Å². The van der Waals surface area contributed by atoms with Crippen LogP contribution in [0.5, 0.6) is 0 Å². The fraction of sp³-hybridized carbons (Fsp3) is 0. The van der Waals surface area contributed by atoms with Crippen LogP contribution in [0.15, 0.2) is 106 Å². The third-order valence-corrected chi connectivity index (χ3v) is 6.29. The molecule has 0 aliphatic carbocycles. The van der Waals surface area contributed by atoms with Crippen molar-refractivity contribution in [3.8, 4) is 11.1 Å². The third kappa shape index (κ3) is 4.59. The first-order chi connectivity index (χ1) is 15.9. The van der Waals surface area contributed by atoms with Gasteiger partial charge >= 0.3 is 29.6 Å². The zero-order valence-corrected chi connectivity index (χ0v) is 21.0. The second-order valence-corrected chi connectivity index (χ2v) is 8.81. The van der Waals surface area contributed by atoms with Gasteiger partial charge in [-0.3, -0.25) is 4.98 Å². The van der Waals surface area contributed by atoms with Crippen molar-refractivity contribution < 1.29 is 42.5 Å². The van der Waals surface area contributed by atoms with E-state index in [-0.39, 0.29) is 51.2 Å². The molecule has 5 rings (SSSR count). The summed E-state index contributed by atoms with van der Waals surface area (Å²) in [5.41, 5.74) is 9.08. The fourth-order valence-electron chi connectivity index (χ4n) is 3.81. The van der Waals surface area contributed by atoms with Crippen LogP contribution in [0.2, 0.25) is 0 Å². The van der Waals surface area contributed by atoms with Crippen LogP contribution in [0.4, 0.5) is 17.1 Å². The van der Waals surface area contributed by atoms with E-state index in [1.165, 1.54) is 12.1 Å². The third-order valence-electron chi connectivity index (χ3n) is 5.42. The molecule has 0 saturated heterocycles. The van der Waals surface area contributed by atoms with Gasteiger partial charge in [0.05, 0.1) is 16.3 Å². The molecule has 7 nitrogen and oxygen atoms in total. The summed E-state index contributed by atoms with van der Waals surface area (Å²) >= 11 is 0. The van der Waals surface area contributed by atoms with Crippen molar-refractivity contribution in [2.75, 3.05) is 5.73 Å². The van der Waals surface area contributed by atoms with E-state index in [1.807, 2.05) is 48.8 Å². The van der Waals surface area contributed by atoms with E-state index >= 15 is 0 Å². The largest absolute Gasteiger partial charge is 1.00 e. The molecule has 34 heavy (non-hydrogen) atoms. The van der Waals surface area contributed by atoms with E-state index in [4.69, 9.17) is 5.73 Å². The topological polar surface area (TPSA) is 121 Å². The molecule has 0 amide bonds. The summed E-state index contributed by atoms with van der Waals surface area (Å²) in [6.45, 7) is 0. The summed E-state index contributed by atoms with van der Waals surface area (Å²) in [7, 11) is -4.72. The van der Waals surface area contributed by atoms with Crippen molar-refractivity contribution in [2.45, 2.75) is 4.90 Å². The summed E-state index contributed by atoms with van der Waals surface area (Å²) in [5.74, 6) is 0. The number of hydrogen-bond acceptors (Lipinski definition) is 7. The molecule has 5 aromatic rings. The Bertz CT molecular complexity index is 1650. The standard InChI is InChI=1S/C25H18N4O3S.Na/c26-25-21-8-4-3-7-20(21)24(33(30,31)32)13-23(25)29-28-18-11-9-16(10-12-18)22-15-27-14-17-5-1-2-6-19(17)22;/h1-15H,26H2,(H,30,31,32);/q;+1/p-1. The zero-order chi connectivity index (χ0) is 23.0. The fourth-order valence-corrected chi connectivity index (χ4v) is 4.51. The molecule has 0 atom stereocenters. The number of fused-ring (bicyclic) bond motifs is 2. The van der Waals surface area contributed by atoms with Crippen molar-refractivity contribution >= 4 is 48.7 Å². The van der Waals surface area contributed by atoms with Gasteiger partial charge < -0.3 is 10.3 Å². The normalized spacial score (nSPS) is 11.7. The van der Waals surface area contributed by atoms with Gasteiger partial charge in [-0.15, -0.1) is 5.11 Å². The maximum Gasteiger partial charge on any atom is 1.00 e. The van der Waals surface area contributed by atoms with Crippen LogP contribution < -0.4 is 35.3 Å². The van der Waals surface area contributed by atoms with Gasteiger partial charge in [0, 0.05) is 34.1 Å². The van der Waals surface area contributed by atoms with Crippen LogP contribution in [0.3, 0.4) is 0 Å².